The van der Waals surface area contributed by atoms with Crippen molar-refractivity contribution in [1.82, 2.24) is 10.3 Å². The van der Waals surface area contributed by atoms with E-state index in [2.05, 4.69) is 10.3 Å². The fourth-order valence-electron chi connectivity index (χ4n) is 1.91. The van der Waals surface area contributed by atoms with Crippen LogP contribution in [0.3, 0.4) is 0 Å². The van der Waals surface area contributed by atoms with Crippen molar-refractivity contribution in [3.8, 4) is 0 Å². The largest absolute Gasteiger partial charge is 0.346 e. The minimum absolute atomic E-state index is 0.214. The lowest BCUT2D eigenvalue weighted by Crippen LogP contribution is -2.24. The van der Waals surface area contributed by atoms with Gasteiger partial charge < -0.3 is 5.32 Å². The van der Waals surface area contributed by atoms with Gasteiger partial charge in [0.05, 0.1) is 12.2 Å². The van der Waals surface area contributed by atoms with Crippen molar-refractivity contribution in [2.45, 2.75) is 19.4 Å². The van der Waals surface area contributed by atoms with Crippen molar-refractivity contribution in [1.29, 1.82) is 0 Å². The standard InChI is InChI=1S/C16H15N2O2/c1-12(11-19)14-7-2-3-8-15(14)16(20)18-10-13-6-4-5-9-17-13/h2-9,12H,10H2,1H3,(H,18,20). The number of nitrogens with one attached hydrogen (secondary N) is 1. The lowest BCUT2D eigenvalue weighted by molar-refractivity contribution is 0.0949. The Balaban J connectivity index is 2.11. The van der Waals surface area contributed by atoms with Crippen molar-refractivity contribution < 1.29 is 9.59 Å². The Labute approximate surface area is 117 Å². The summed E-state index contributed by atoms with van der Waals surface area (Å²) < 4.78 is 0. The van der Waals surface area contributed by atoms with Gasteiger partial charge in [0.1, 0.15) is 0 Å². The molecule has 1 aromatic carbocycles. The van der Waals surface area contributed by atoms with E-state index >= 15 is 0 Å². The Morgan fingerprint density at radius 1 is 1.25 bits per heavy atom. The number of carbonyl (C=O) groups is 1. The van der Waals surface area contributed by atoms with E-state index in [4.69, 9.17) is 0 Å². The van der Waals surface area contributed by atoms with Crippen molar-refractivity contribution in [3.63, 3.8) is 0 Å². The third-order valence-corrected chi connectivity index (χ3v) is 3.00. The van der Waals surface area contributed by atoms with Gasteiger partial charge >= 0.3 is 0 Å². The predicted octanol–water partition coefficient (Wildman–Crippen LogP) is 2.22. The van der Waals surface area contributed by atoms with E-state index in [9.17, 15) is 9.59 Å². The molecule has 1 atom stereocenters. The van der Waals surface area contributed by atoms with Crippen LogP contribution in [0.15, 0.2) is 48.7 Å². The van der Waals surface area contributed by atoms with Gasteiger partial charge in [-0.05, 0) is 23.8 Å². The zero-order valence-corrected chi connectivity index (χ0v) is 11.2. The summed E-state index contributed by atoms with van der Waals surface area (Å²) >= 11 is 0. The van der Waals surface area contributed by atoms with Gasteiger partial charge in [-0.25, -0.2) is 0 Å². The minimum atomic E-state index is -0.424. The smallest absolute Gasteiger partial charge is 0.251 e. The quantitative estimate of drug-likeness (QED) is 0.903. The van der Waals surface area contributed by atoms with E-state index < -0.39 is 5.92 Å². The first-order valence-corrected chi connectivity index (χ1v) is 6.37. The first kappa shape index (κ1) is 13.9. The third-order valence-electron chi connectivity index (χ3n) is 3.00. The first-order valence-electron chi connectivity index (χ1n) is 6.37. The summed E-state index contributed by atoms with van der Waals surface area (Å²) in [6.07, 6.45) is 3.59. The fraction of sp³-hybridized carbons (Fsp3) is 0.188. The third kappa shape index (κ3) is 3.29. The number of benzene rings is 1. The van der Waals surface area contributed by atoms with Crippen LogP contribution in [0.1, 0.15) is 34.5 Å². The lowest BCUT2D eigenvalue weighted by atomic mass is 9.96. The molecule has 1 N–H and O–H groups in total. The first-order chi connectivity index (χ1) is 9.72. The molecule has 0 aliphatic heterocycles. The summed E-state index contributed by atoms with van der Waals surface area (Å²) in [5, 5.41) is 2.80. The van der Waals surface area contributed by atoms with Crippen LogP contribution >= 0.6 is 0 Å². The molecule has 1 unspecified atom stereocenters. The highest BCUT2D eigenvalue weighted by molar-refractivity contribution is 5.96. The summed E-state index contributed by atoms with van der Waals surface area (Å²) in [5.41, 5.74) is 1.97. The van der Waals surface area contributed by atoms with Crippen molar-refractivity contribution in [2.24, 2.45) is 0 Å². The van der Waals surface area contributed by atoms with Gasteiger partial charge in [0.25, 0.3) is 5.91 Å². The molecule has 0 aliphatic rings. The van der Waals surface area contributed by atoms with Crippen molar-refractivity contribution in [3.05, 3.63) is 65.5 Å². The highest BCUT2D eigenvalue weighted by Gasteiger charge is 2.15. The SMILES string of the molecule is CC([C]=O)c1ccccc1C(=O)NCc1ccccn1. The normalized spacial score (nSPS) is 11.7. The van der Waals surface area contributed by atoms with Gasteiger partial charge in [0, 0.05) is 17.7 Å². The van der Waals surface area contributed by atoms with E-state index in [1.54, 1.807) is 37.4 Å². The zero-order chi connectivity index (χ0) is 14.4. The number of rotatable bonds is 5. The Morgan fingerprint density at radius 2 is 2.00 bits per heavy atom. The molecule has 2 aromatic rings. The molecule has 1 amide bonds. The van der Waals surface area contributed by atoms with Crippen LogP contribution in [-0.2, 0) is 11.3 Å². The Hall–Kier alpha value is -2.49. The summed E-state index contributed by atoms with van der Waals surface area (Å²) in [6.45, 7) is 2.07. The van der Waals surface area contributed by atoms with E-state index in [0.29, 0.717) is 17.7 Å². The van der Waals surface area contributed by atoms with Crippen LogP contribution in [0, 0.1) is 0 Å². The molecule has 1 heterocycles. The number of carbonyl (C=O) groups excluding carboxylic acids is 2. The van der Waals surface area contributed by atoms with Crippen LogP contribution < -0.4 is 5.32 Å². The Morgan fingerprint density at radius 3 is 2.70 bits per heavy atom. The second kappa shape index (κ2) is 6.61. The molecule has 101 valence electrons. The van der Waals surface area contributed by atoms with Crippen LogP contribution in [-0.4, -0.2) is 17.2 Å². The Bertz CT molecular complexity index is 596. The minimum Gasteiger partial charge on any atom is -0.346 e. The van der Waals surface area contributed by atoms with Crippen LogP contribution in [0.25, 0.3) is 0 Å². The Kier molecular flexibility index (Phi) is 4.60. The van der Waals surface area contributed by atoms with Gasteiger partial charge in [0.2, 0.25) is 6.29 Å². The number of hydrogen-bond donors (Lipinski definition) is 1. The number of hydrogen-bond acceptors (Lipinski definition) is 3. The van der Waals surface area contributed by atoms with Crippen LogP contribution in [0.5, 0.6) is 0 Å². The molecule has 1 aromatic heterocycles. The van der Waals surface area contributed by atoms with E-state index in [-0.39, 0.29) is 5.91 Å². The van der Waals surface area contributed by atoms with Gasteiger partial charge in [-0.1, -0.05) is 31.2 Å². The highest BCUT2D eigenvalue weighted by Crippen LogP contribution is 2.18. The maximum absolute atomic E-state index is 12.2. The van der Waals surface area contributed by atoms with Crippen molar-refractivity contribution in [2.75, 3.05) is 0 Å². The molecule has 0 fully saturated rings. The van der Waals surface area contributed by atoms with E-state index in [0.717, 1.165) is 5.69 Å². The highest BCUT2D eigenvalue weighted by atomic mass is 16.1. The molecule has 2 rings (SSSR count). The maximum Gasteiger partial charge on any atom is 0.251 e. The van der Waals surface area contributed by atoms with Crippen LogP contribution in [0.4, 0.5) is 0 Å². The summed E-state index contributed by atoms with van der Waals surface area (Å²) in [5.74, 6) is -0.639. The van der Waals surface area contributed by atoms with Gasteiger partial charge in [-0.3, -0.25) is 14.6 Å². The summed E-state index contributed by atoms with van der Waals surface area (Å²) in [6, 6.07) is 12.6. The molecular formula is C16H15N2O2. The number of nitrogens with zero attached hydrogens (tertiary/aromatic N) is 1. The lowest BCUT2D eigenvalue weighted by Gasteiger charge is -2.11. The number of amides is 1. The second-order valence-electron chi connectivity index (χ2n) is 4.43. The number of pyridine rings is 1. The van der Waals surface area contributed by atoms with Gasteiger partial charge in [-0.15, -0.1) is 0 Å². The molecule has 0 spiro atoms. The van der Waals surface area contributed by atoms with Crippen molar-refractivity contribution >= 4 is 12.2 Å². The topological polar surface area (TPSA) is 59.1 Å². The average Bonchev–Trinajstić information content (AvgIpc) is 2.52. The van der Waals surface area contributed by atoms with Gasteiger partial charge in [0.15, 0.2) is 0 Å². The molecule has 0 bridgehead atoms. The molecule has 4 nitrogen and oxygen atoms in total. The van der Waals surface area contributed by atoms with Crippen LogP contribution in [0.2, 0.25) is 0 Å². The fourth-order valence-corrected chi connectivity index (χ4v) is 1.91. The zero-order valence-electron chi connectivity index (χ0n) is 11.2. The average molecular weight is 267 g/mol. The summed E-state index contributed by atoms with van der Waals surface area (Å²) in [4.78, 5) is 27.1. The second-order valence-corrected chi connectivity index (χ2v) is 4.43. The molecule has 0 saturated heterocycles. The van der Waals surface area contributed by atoms with Gasteiger partial charge in [-0.2, -0.15) is 0 Å². The summed E-state index contributed by atoms with van der Waals surface area (Å²) in [7, 11) is 0. The molecule has 1 radical (unpaired) electrons. The molecular weight excluding hydrogens is 252 g/mol. The number of aromatic nitrogens is 1. The predicted molar refractivity (Wildman–Crippen MR) is 76.0 cm³/mol. The molecule has 0 aliphatic carbocycles. The maximum atomic E-state index is 12.2. The monoisotopic (exact) mass is 267 g/mol. The van der Waals surface area contributed by atoms with E-state index in [1.165, 1.54) is 0 Å². The molecule has 20 heavy (non-hydrogen) atoms. The van der Waals surface area contributed by atoms with E-state index in [1.807, 2.05) is 24.5 Å². The molecule has 4 heteroatoms. The molecule has 0 saturated carbocycles.